The van der Waals surface area contributed by atoms with Crippen molar-refractivity contribution < 1.29 is 9.21 Å². The Bertz CT molecular complexity index is 1940. The van der Waals surface area contributed by atoms with Crippen molar-refractivity contribution in [3.63, 3.8) is 0 Å². The molecule has 0 fully saturated rings. The predicted molar refractivity (Wildman–Crippen MR) is 149 cm³/mol. The highest BCUT2D eigenvalue weighted by atomic mass is 16.3. The average Bonchev–Trinajstić information content (AvgIpc) is 3.73. The highest BCUT2D eigenvalue weighted by Crippen LogP contribution is 2.33. The standard InChI is InChI=1S/C30H21N7O2/c38-27(12-18-4-2-1-3-5-18)33-21-13-20(15-31-16-21)23-6-7-25-29(35-23)30(37-36-25)26-14-22-24(34-26)8-10-32-28(22)19-9-11-39-17-19/h1-11,13-17,34H,12H2,(H,33,38)(H,36,37). The van der Waals surface area contributed by atoms with Gasteiger partial charge in [-0.1, -0.05) is 30.3 Å². The number of benzene rings is 1. The molecule has 6 heterocycles. The van der Waals surface area contributed by atoms with Crippen molar-refractivity contribution in [2.45, 2.75) is 6.42 Å². The van der Waals surface area contributed by atoms with E-state index in [1.165, 1.54) is 0 Å². The highest BCUT2D eigenvalue weighted by molar-refractivity contribution is 5.99. The van der Waals surface area contributed by atoms with Crippen molar-refractivity contribution in [2.75, 3.05) is 5.32 Å². The van der Waals surface area contributed by atoms with Gasteiger partial charge in [0, 0.05) is 34.4 Å². The lowest BCUT2D eigenvalue weighted by atomic mass is 10.1. The van der Waals surface area contributed by atoms with Gasteiger partial charge in [0.25, 0.3) is 0 Å². The summed E-state index contributed by atoms with van der Waals surface area (Å²) in [6.45, 7) is 0. The van der Waals surface area contributed by atoms with Gasteiger partial charge in [-0.3, -0.25) is 19.9 Å². The Morgan fingerprint density at radius 2 is 1.85 bits per heavy atom. The van der Waals surface area contributed by atoms with Crippen molar-refractivity contribution in [1.82, 2.24) is 30.1 Å². The number of aromatic amines is 2. The number of hydrogen-bond donors (Lipinski definition) is 3. The first kappa shape index (κ1) is 22.6. The van der Waals surface area contributed by atoms with Gasteiger partial charge in [-0.2, -0.15) is 5.10 Å². The minimum atomic E-state index is -0.108. The molecule has 0 aliphatic carbocycles. The lowest BCUT2D eigenvalue weighted by Crippen LogP contribution is -2.14. The first-order valence-electron chi connectivity index (χ1n) is 12.4. The Hall–Kier alpha value is -5.57. The third kappa shape index (κ3) is 4.31. The van der Waals surface area contributed by atoms with E-state index in [2.05, 4.69) is 30.5 Å². The average molecular weight is 512 g/mol. The van der Waals surface area contributed by atoms with Crippen LogP contribution in [0.1, 0.15) is 5.56 Å². The summed E-state index contributed by atoms with van der Waals surface area (Å²) in [5.41, 5.74) is 8.76. The Balaban J connectivity index is 1.21. The van der Waals surface area contributed by atoms with Gasteiger partial charge in [-0.15, -0.1) is 0 Å². The molecule has 0 bridgehead atoms. The fraction of sp³-hybridized carbons (Fsp3) is 0.0333. The van der Waals surface area contributed by atoms with Crippen LogP contribution in [0, 0.1) is 0 Å². The van der Waals surface area contributed by atoms with E-state index in [9.17, 15) is 4.79 Å². The molecule has 0 unspecified atom stereocenters. The van der Waals surface area contributed by atoms with E-state index in [-0.39, 0.29) is 12.3 Å². The normalized spacial score (nSPS) is 11.3. The van der Waals surface area contributed by atoms with Gasteiger partial charge in [0.05, 0.1) is 53.4 Å². The number of amides is 1. The molecule has 0 saturated carbocycles. The second-order valence-electron chi connectivity index (χ2n) is 9.15. The van der Waals surface area contributed by atoms with Crippen LogP contribution in [0.4, 0.5) is 5.69 Å². The molecule has 0 aliphatic rings. The fourth-order valence-corrected chi connectivity index (χ4v) is 4.69. The van der Waals surface area contributed by atoms with Crippen LogP contribution < -0.4 is 5.32 Å². The number of aromatic nitrogens is 6. The summed E-state index contributed by atoms with van der Waals surface area (Å²) in [4.78, 5) is 29.8. The van der Waals surface area contributed by atoms with E-state index in [0.717, 1.165) is 50.0 Å². The molecule has 0 aliphatic heterocycles. The topological polar surface area (TPSA) is 125 Å². The van der Waals surface area contributed by atoms with Crippen LogP contribution in [0.15, 0.2) is 102 Å². The molecule has 7 aromatic rings. The molecule has 1 aromatic carbocycles. The second kappa shape index (κ2) is 9.38. The van der Waals surface area contributed by atoms with E-state index < -0.39 is 0 Å². The van der Waals surface area contributed by atoms with E-state index in [0.29, 0.717) is 17.1 Å². The lowest BCUT2D eigenvalue weighted by Gasteiger charge is -2.07. The number of hydrogen-bond acceptors (Lipinski definition) is 6. The quantitative estimate of drug-likeness (QED) is 0.251. The Morgan fingerprint density at radius 1 is 0.923 bits per heavy atom. The number of fused-ring (bicyclic) bond motifs is 2. The Morgan fingerprint density at radius 3 is 2.72 bits per heavy atom. The van der Waals surface area contributed by atoms with Gasteiger partial charge in [-0.25, -0.2) is 4.98 Å². The maximum absolute atomic E-state index is 12.6. The van der Waals surface area contributed by atoms with E-state index >= 15 is 0 Å². The molecule has 7 rings (SSSR count). The second-order valence-corrected chi connectivity index (χ2v) is 9.15. The number of carbonyl (C=O) groups is 1. The van der Waals surface area contributed by atoms with E-state index in [4.69, 9.17) is 9.40 Å². The number of carbonyl (C=O) groups excluding carboxylic acids is 1. The first-order valence-corrected chi connectivity index (χ1v) is 12.4. The van der Waals surface area contributed by atoms with Crippen LogP contribution >= 0.6 is 0 Å². The van der Waals surface area contributed by atoms with Crippen LogP contribution in [0.2, 0.25) is 0 Å². The SMILES string of the molecule is O=C(Cc1ccccc1)Nc1cncc(-c2ccc3[nH]nc(-c4cc5c(-c6ccoc6)nccc5[nH]4)c3n2)c1. The van der Waals surface area contributed by atoms with Gasteiger partial charge in [0.15, 0.2) is 0 Å². The van der Waals surface area contributed by atoms with Gasteiger partial charge >= 0.3 is 0 Å². The highest BCUT2D eigenvalue weighted by Gasteiger charge is 2.16. The van der Waals surface area contributed by atoms with Crippen molar-refractivity contribution >= 4 is 33.5 Å². The van der Waals surface area contributed by atoms with Crippen LogP contribution in [0.3, 0.4) is 0 Å². The smallest absolute Gasteiger partial charge is 0.228 e. The molecule has 188 valence electrons. The molecule has 6 aromatic heterocycles. The third-order valence-electron chi connectivity index (χ3n) is 6.53. The molecule has 39 heavy (non-hydrogen) atoms. The largest absolute Gasteiger partial charge is 0.472 e. The Kier molecular flexibility index (Phi) is 5.44. The summed E-state index contributed by atoms with van der Waals surface area (Å²) in [6.07, 6.45) is 8.72. The number of rotatable bonds is 6. The van der Waals surface area contributed by atoms with Crippen LogP contribution in [0.25, 0.3) is 55.8 Å². The first-order chi connectivity index (χ1) is 19.2. The third-order valence-corrected chi connectivity index (χ3v) is 6.53. The molecule has 1 amide bonds. The minimum Gasteiger partial charge on any atom is -0.472 e. The number of nitrogens with one attached hydrogen (secondary N) is 3. The summed E-state index contributed by atoms with van der Waals surface area (Å²) in [6, 6.07) is 21.2. The van der Waals surface area contributed by atoms with Crippen LogP contribution in [-0.4, -0.2) is 36.0 Å². The maximum atomic E-state index is 12.6. The summed E-state index contributed by atoms with van der Waals surface area (Å²) >= 11 is 0. The molecule has 0 spiro atoms. The fourth-order valence-electron chi connectivity index (χ4n) is 4.69. The molecule has 9 heteroatoms. The van der Waals surface area contributed by atoms with Gasteiger partial charge < -0.3 is 14.7 Å². The number of pyridine rings is 3. The molecular formula is C30H21N7O2. The van der Waals surface area contributed by atoms with Crippen molar-refractivity contribution in [3.05, 3.63) is 103 Å². The van der Waals surface area contributed by atoms with E-state index in [1.54, 1.807) is 31.1 Å². The zero-order chi connectivity index (χ0) is 26.2. The number of H-pyrrole nitrogens is 2. The van der Waals surface area contributed by atoms with E-state index in [1.807, 2.05) is 66.7 Å². The van der Waals surface area contributed by atoms with Crippen molar-refractivity contribution in [1.29, 1.82) is 0 Å². The molecule has 0 radical (unpaired) electrons. The van der Waals surface area contributed by atoms with Gasteiger partial charge in [-0.05, 0) is 42.0 Å². The predicted octanol–water partition coefficient (Wildman–Crippen LogP) is 6.00. The monoisotopic (exact) mass is 511 g/mol. The van der Waals surface area contributed by atoms with Crippen molar-refractivity contribution in [3.8, 4) is 33.9 Å². The maximum Gasteiger partial charge on any atom is 0.228 e. The number of nitrogens with zero attached hydrogens (tertiary/aromatic N) is 4. The van der Waals surface area contributed by atoms with Crippen LogP contribution in [-0.2, 0) is 11.2 Å². The summed E-state index contributed by atoms with van der Waals surface area (Å²) in [5, 5.41) is 11.5. The van der Waals surface area contributed by atoms with Gasteiger partial charge in [0.2, 0.25) is 5.91 Å². The summed E-state index contributed by atoms with van der Waals surface area (Å²) in [5.74, 6) is -0.108. The number of furan rings is 1. The van der Waals surface area contributed by atoms with Crippen LogP contribution in [0.5, 0.6) is 0 Å². The van der Waals surface area contributed by atoms with Crippen molar-refractivity contribution in [2.24, 2.45) is 0 Å². The lowest BCUT2D eigenvalue weighted by molar-refractivity contribution is -0.115. The number of anilines is 1. The van der Waals surface area contributed by atoms with Gasteiger partial charge in [0.1, 0.15) is 11.2 Å². The molecule has 3 N–H and O–H groups in total. The zero-order valence-electron chi connectivity index (χ0n) is 20.6. The summed E-state index contributed by atoms with van der Waals surface area (Å²) < 4.78 is 5.26. The molecule has 0 saturated heterocycles. The minimum absolute atomic E-state index is 0.108. The molecule has 0 atom stereocenters. The molecular weight excluding hydrogens is 490 g/mol. The summed E-state index contributed by atoms with van der Waals surface area (Å²) in [7, 11) is 0. The Labute approximate surface area is 222 Å². The molecule has 9 nitrogen and oxygen atoms in total. The zero-order valence-corrected chi connectivity index (χ0v) is 20.6.